The van der Waals surface area contributed by atoms with Crippen LogP contribution >= 0.6 is 23.6 Å². The average molecular weight is 567 g/mol. The summed E-state index contributed by atoms with van der Waals surface area (Å²) in [6.45, 7) is 5.34. The number of carbonyl (C=O) groups is 1. The molecular formula is C30H34N2O5S2. The van der Waals surface area contributed by atoms with Gasteiger partial charge in [-0.05, 0) is 50.8 Å². The number of methoxy groups -OCH3 is 1. The van der Waals surface area contributed by atoms with Gasteiger partial charge < -0.3 is 23.6 Å². The Morgan fingerprint density at radius 2 is 2.03 bits per heavy atom. The summed E-state index contributed by atoms with van der Waals surface area (Å²) in [7, 11) is 1.68. The predicted octanol–water partition coefficient (Wildman–Crippen LogP) is 7.86. The van der Waals surface area contributed by atoms with Gasteiger partial charge in [0.2, 0.25) is 5.89 Å². The number of pyridine rings is 1. The minimum absolute atomic E-state index is 0.165. The second kappa shape index (κ2) is 11.2. The average Bonchev–Trinajstić information content (AvgIpc) is 3.58. The molecule has 1 fully saturated rings. The Labute approximate surface area is 237 Å². The summed E-state index contributed by atoms with van der Waals surface area (Å²) < 4.78 is 21.4. The molecule has 1 aromatic carbocycles. The lowest BCUT2D eigenvalue weighted by Crippen LogP contribution is -2.36. The molecular weight excluding hydrogens is 532 g/mol. The standard InChI is InChI=1S/C30H34N2O5S2/c1-18-24-26(39-25(18)27-31-14-15-36-27)19(17-32(28(24)38)30(2,3)29(33)34)16-23(37-20-10-6-5-7-11-20)21-12-8-9-13-22(21)35-4/h8-9,12-15,17,20,23H,5-7,10-11,16H2,1-4H3,(H,33,34)/t23-/m0/s1. The monoisotopic (exact) mass is 566 g/mol. The van der Waals surface area contributed by atoms with Crippen molar-refractivity contribution in [3.8, 4) is 16.5 Å². The van der Waals surface area contributed by atoms with E-state index in [9.17, 15) is 9.90 Å². The first-order valence-electron chi connectivity index (χ1n) is 13.3. The van der Waals surface area contributed by atoms with Gasteiger partial charge in [0.1, 0.15) is 22.2 Å². The maximum Gasteiger partial charge on any atom is 0.329 e. The molecule has 206 valence electrons. The van der Waals surface area contributed by atoms with Crippen molar-refractivity contribution in [1.82, 2.24) is 9.55 Å². The van der Waals surface area contributed by atoms with E-state index in [1.54, 1.807) is 49.3 Å². The smallest absolute Gasteiger partial charge is 0.329 e. The molecule has 0 radical (unpaired) electrons. The van der Waals surface area contributed by atoms with Gasteiger partial charge in [-0.1, -0.05) is 49.7 Å². The molecule has 0 spiro atoms. The van der Waals surface area contributed by atoms with E-state index >= 15 is 0 Å². The molecule has 0 bridgehead atoms. The van der Waals surface area contributed by atoms with Crippen LogP contribution in [0.25, 0.3) is 20.9 Å². The van der Waals surface area contributed by atoms with E-state index in [4.69, 9.17) is 26.1 Å². The van der Waals surface area contributed by atoms with Crippen LogP contribution in [0.3, 0.4) is 0 Å². The topological polar surface area (TPSA) is 86.7 Å². The number of aromatic nitrogens is 2. The summed E-state index contributed by atoms with van der Waals surface area (Å²) in [5.41, 5.74) is 1.63. The number of aryl methyl sites for hydroxylation is 1. The SMILES string of the molecule is COc1ccccc1[C@H](Cc1cn(C(C)(C)C(=O)O)c(=S)c2c(C)c(-c3ncco3)sc12)OC1CCCCC1. The van der Waals surface area contributed by atoms with Crippen molar-refractivity contribution < 1.29 is 23.8 Å². The largest absolute Gasteiger partial charge is 0.496 e. The molecule has 5 rings (SSSR count). The molecule has 39 heavy (non-hydrogen) atoms. The van der Waals surface area contributed by atoms with Crippen LogP contribution in [-0.2, 0) is 21.5 Å². The number of thiophene rings is 1. The van der Waals surface area contributed by atoms with Gasteiger partial charge in [0.15, 0.2) is 0 Å². The minimum Gasteiger partial charge on any atom is -0.496 e. The number of fused-ring (bicyclic) bond motifs is 1. The molecule has 1 aliphatic carbocycles. The van der Waals surface area contributed by atoms with Crippen molar-refractivity contribution in [3.05, 3.63) is 64.3 Å². The molecule has 4 aromatic rings. The number of benzene rings is 1. The summed E-state index contributed by atoms with van der Waals surface area (Å²) in [6, 6.07) is 7.97. The van der Waals surface area contributed by atoms with Gasteiger partial charge >= 0.3 is 5.97 Å². The van der Waals surface area contributed by atoms with Crippen LogP contribution in [0.2, 0.25) is 0 Å². The van der Waals surface area contributed by atoms with Crippen LogP contribution < -0.4 is 4.74 Å². The molecule has 0 amide bonds. The molecule has 0 aliphatic heterocycles. The Morgan fingerprint density at radius 1 is 1.28 bits per heavy atom. The van der Waals surface area contributed by atoms with E-state index in [0.29, 0.717) is 17.0 Å². The number of rotatable bonds is 9. The normalized spacial score (nSPS) is 15.5. The lowest BCUT2D eigenvalue weighted by atomic mass is 9.95. The summed E-state index contributed by atoms with van der Waals surface area (Å²) in [4.78, 5) is 17.6. The maximum atomic E-state index is 12.4. The Bertz CT molecular complexity index is 1530. The van der Waals surface area contributed by atoms with Crippen LogP contribution in [0.1, 0.15) is 68.7 Å². The first-order chi connectivity index (χ1) is 18.7. The zero-order chi connectivity index (χ0) is 27.7. The number of ether oxygens (including phenoxy) is 2. The molecule has 7 nitrogen and oxygen atoms in total. The third-order valence-electron chi connectivity index (χ3n) is 7.71. The van der Waals surface area contributed by atoms with Gasteiger partial charge in [-0.25, -0.2) is 9.78 Å². The number of para-hydroxylation sites is 1. The Hall–Kier alpha value is -3.01. The number of hydrogen-bond acceptors (Lipinski definition) is 7. The molecule has 1 N–H and O–H groups in total. The van der Waals surface area contributed by atoms with E-state index in [0.717, 1.165) is 63.1 Å². The quantitative estimate of drug-likeness (QED) is 0.206. The number of nitrogens with zero attached hydrogens (tertiary/aromatic N) is 2. The fourth-order valence-corrected chi connectivity index (χ4v) is 7.26. The zero-order valence-corrected chi connectivity index (χ0v) is 24.4. The van der Waals surface area contributed by atoms with Crippen molar-refractivity contribution in [2.24, 2.45) is 0 Å². The molecule has 0 unspecified atom stereocenters. The number of oxazole rings is 1. The van der Waals surface area contributed by atoms with Gasteiger partial charge in [-0.3, -0.25) is 0 Å². The lowest BCUT2D eigenvalue weighted by Gasteiger charge is -2.30. The summed E-state index contributed by atoms with van der Waals surface area (Å²) in [5, 5.41) is 11.0. The van der Waals surface area contributed by atoms with Crippen LogP contribution in [0.5, 0.6) is 5.75 Å². The molecule has 1 saturated carbocycles. The van der Waals surface area contributed by atoms with Crippen LogP contribution in [-0.4, -0.2) is 33.8 Å². The highest BCUT2D eigenvalue weighted by atomic mass is 32.1. The Balaban J connectivity index is 1.70. The minimum atomic E-state index is -1.25. The summed E-state index contributed by atoms with van der Waals surface area (Å²) >= 11 is 7.51. The van der Waals surface area contributed by atoms with Gasteiger partial charge in [-0.2, -0.15) is 0 Å². The highest BCUT2D eigenvalue weighted by Crippen LogP contribution is 2.43. The first-order valence-corrected chi connectivity index (χ1v) is 14.5. The molecule has 1 aliphatic rings. The second-order valence-electron chi connectivity index (χ2n) is 10.6. The van der Waals surface area contributed by atoms with Gasteiger partial charge in [0.05, 0.1) is 30.4 Å². The highest BCUT2D eigenvalue weighted by Gasteiger charge is 2.33. The van der Waals surface area contributed by atoms with Crippen molar-refractivity contribution in [2.45, 2.75) is 77.0 Å². The number of carboxylic acids is 1. The van der Waals surface area contributed by atoms with Crippen molar-refractivity contribution in [3.63, 3.8) is 0 Å². The lowest BCUT2D eigenvalue weighted by molar-refractivity contribution is -0.145. The predicted molar refractivity (Wildman–Crippen MR) is 155 cm³/mol. The van der Waals surface area contributed by atoms with E-state index < -0.39 is 11.5 Å². The van der Waals surface area contributed by atoms with Gasteiger partial charge in [0, 0.05) is 28.3 Å². The fraction of sp³-hybridized carbons (Fsp3) is 0.433. The van der Waals surface area contributed by atoms with Crippen LogP contribution in [0, 0.1) is 11.6 Å². The third kappa shape index (κ3) is 5.27. The Kier molecular flexibility index (Phi) is 7.94. The summed E-state index contributed by atoms with van der Waals surface area (Å²) in [6.07, 6.45) is 11.1. The van der Waals surface area contributed by atoms with Crippen molar-refractivity contribution in [2.75, 3.05) is 7.11 Å². The third-order valence-corrected chi connectivity index (χ3v) is 9.46. The molecule has 0 saturated heterocycles. The van der Waals surface area contributed by atoms with Crippen LogP contribution in [0.4, 0.5) is 0 Å². The van der Waals surface area contributed by atoms with Crippen LogP contribution in [0.15, 0.2) is 47.3 Å². The van der Waals surface area contributed by atoms with Gasteiger partial charge in [0.25, 0.3) is 0 Å². The van der Waals surface area contributed by atoms with E-state index in [2.05, 4.69) is 11.1 Å². The molecule has 3 aromatic heterocycles. The van der Waals surface area contributed by atoms with Gasteiger partial charge in [-0.15, -0.1) is 11.3 Å². The van der Waals surface area contributed by atoms with E-state index in [1.807, 2.05) is 31.3 Å². The van der Waals surface area contributed by atoms with E-state index in [1.165, 1.54) is 6.42 Å². The summed E-state index contributed by atoms with van der Waals surface area (Å²) in [5.74, 6) is 0.346. The van der Waals surface area contributed by atoms with Crippen molar-refractivity contribution in [1.29, 1.82) is 0 Å². The zero-order valence-electron chi connectivity index (χ0n) is 22.7. The fourth-order valence-electron chi connectivity index (χ4n) is 5.39. The highest BCUT2D eigenvalue weighted by molar-refractivity contribution is 7.71. The Morgan fingerprint density at radius 3 is 2.69 bits per heavy atom. The van der Waals surface area contributed by atoms with Crippen molar-refractivity contribution >= 4 is 39.6 Å². The molecule has 9 heteroatoms. The molecule has 3 heterocycles. The number of hydrogen-bond donors (Lipinski definition) is 1. The van der Waals surface area contributed by atoms with E-state index in [-0.39, 0.29) is 12.2 Å². The second-order valence-corrected chi connectivity index (χ2v) is 12.0. The number of carboxylic acid groups (broad SMARTS) is 1. The maximum absolute atomic E-state index is 12.4. The number of aliphatic carboxylic acids is 1. The molecule has 1 atom stereocenters. The first kappa shape index (κ1) is 27.6.